The Hall–Kier alpha value is -6.87. The van der Waals surface area contributed by atoms with E-state index in [-0.39, 0.29) is 46.5 Å². The fraction of sp³-hybridized carbons (Fsp3) is 0.367. The molecule has 0 unspecified atom stereocenters. The van der Waals surface area contributed by atoms with Crippen LogP contribution in [0.2, 0.25) is 0 Å². The third-order valence-corrected chi connectivity index (χ3v) is 12.9. The molecule has 0 saturated carbocycles. The Labute approximate surface area is 372 Å². The number of nitrogens with zero attached hydrogens (tertiary/aromatic N) is 8. The minimum absolute atomic E-state index is 0.0203. The van der Waals surface area contributed by atoms with Crippen LogP contribution in [0, 0.1) is 0 Å². The SMILES string of the molecule is CC(=O)N1CCN(c2nc(NCCC(=O)N3CCN(Cc4ccc5cn(C(=O)c6cc(C(C)C)c(O)cc6O)cc5c4)CC3)nc3c2CCN(c2cc(O)cc4ccccc24)C3)CC1. The zero-order valence-electron chi connectivity index (χ0n) is 36.6. The molecule has 3 aliphatic heterocycles. The van der Waals surface area contributed by atoms with Crippen molar-refractivity contribution in [2.24, 2.45) is 0 Å². The molecule has 64 heavy (non-hydrogen) atoms. The first-order chi connectivity index (χ1) is 30.9. The first kappa shape index (κ1) is 42.4. The maximum atomic E-state index is 13.5. The van der Waals surface area contributed by atoms with Gasteiger partial charge in [0.2, 0.25) is 17.8 Å². The van der Waals surface area contributed by atoms with Gasteiger partial charge in [0.1, 0.15) is 23.1 Å². The van der Waals surface area contributed by atoms with E-state index in [9.17, 15) is 29.7 Å². The van der Waals surface area contributed by atoms with Gasteiger partial charge in [0.05, 0.1) is 17.8 Å². The summed E-state index contributed by atoms with van der Waals surface area (Å²) >= 11 is 0. The van der Waals surface area contributed by atoms with E-state index in [1.54, 1.807) is 31.5 Å². The molecular weight excluding hydrogens is 811 g/mol. The van der Waals surface area contributed by atoms with Crippen LogP contribution in [-0.4, -0.2) is 128 Å². The number of phenols is 3. The molecule has 0 spiro atoms. The lowest BCUT2D eigenvalue weighted by Gasteiger charge is -2.38. The van der Waals surface area contributed by atoms with Crippen LogP contribution >= 0.6 is 0 Å². The molecular formula is C49H55N9O6. The molecule has 9 rings (SSSR count). The highest BCUT2D eigenvalue weighted by Gasteiger charge is 2.29. The largest absolute Gasteiger partial charge is 0.508 e. The summed E-state index contributed by atoms with van der Waals surface area (Å²) < 4.78 is 1.48. The molecule has 2 aromatic heterocycles. The Morgan fingerprint density at radius 2 is 1.50 bits per heavy atom. The van der Waals surface area contributed by atoms with E-state index >= 15 is 0 Å². The van der Waals surface area contributed by atoms with Gasteiger partial charge < -0.3 is 40.2 Å². The standard InChI is InChI=1S/C49H55N9O6/c1-31(2)40-25-41(45(62)26-44(40)61)48(64)58-28-35-9-8-33(22-36(35)29-58)27-53-14-16-55(17-15-53)46(63)10-12-50-49-51-42-30-57(43-24-37(60)23-34-6-4-5-7-38(34)43)13-11-39(42)47(52-49)56-20-18-54(19-21-56)32(3)59/h4-9,22-26,28-29,31,60-62H,10-21,27,30H2,1-3H3,(H,50,51,52). The van der Waals surface area contributed by atoms with Crippen LogP contribution in [0.25, 0.3) is 21.5 Å². The maximum Gasteiger partial charge on any atom is 0.265 e. The van der Waals surface area contributed by atoms with Crippen molar-refractivity contribution < 1.29 is 29.7 Å². The minimum atomic E-state index is -0.375. The Morgan fingerprint density at radius 1 is 0.750 bits per heavy atom. The van der Waals surface area contributed by atoms with Crippen LogP contribution < -0.4 is 15.1 Å². The zero-order valence-corrected chi connectivity index (χ0v) is 36.6. The number of fused-ring (bicyclic) bond motifs is 3. The van der Waals surface area contributed by atoms with Crippen LogP contribution in [0.1, 0.15) is 65.9 Å². The predicted molar refractivity (Wildman–Crippen MR) is 247 cm³/mol. The van der Waals surface area contributed by atoms with Gasteiger partial charge in [-0.3, -0.25) is 23.9 Å². The van der Waals surface area contributed by atoms with Crippen LogP contribution in [0.15, 0.2) is 79.1 Å². The van der Waals surface area contributed by atoms with Gasteiger partial charge in [0, 0.05) is 132 Å². The second-order valence-corrected chi connectivity index (χ2v) is 17.5. The number of carbonyl (C=O) groups is 3. The summed E-state index contributed by atoms with van der Waals surface area (Å²) in [6.45, 7) is 13.1. The van der Waals surface area contributed by atoms with E-state index in [2.05, 4.69) is 38.2 Å². The first-order valence-corrected chi connectivity index (χ1v) is 22.2. The van der Waals surface area contributed by atoms with Gasteiger partial charge >= 0.3 is 0 Å². The first-order valence-electron chi connectivity index (χ1n) is 22.2. The number of piperazine rings is 2. The molecule has 6 aromatic rings. The molecule has 0 aliphatic carbocycles. The third kappa shape index (κ3) is 8.72. The van der Waals surface area contributed by atoms with Crippen molar-refractivity contribution in [1.29, 1.82) is 0 Å². The molecule has 5 heterocycles. The van der Waals surface area contributed by atoms with Gasteiger partial charge in [-0.25, -0.2) is 4.98 Å². The van der Waals surface area contributed by atoms with Gasteiger partial charge in [-0.15, -0.1) is 0 Å². The molecule has 15 heteroatoms. The molecule has 0 bridgehead atoms. The topological polar surface area (TPSA) is 171 Å². The highest BCUT2D eigenvalue weighted by atomic mass is 16.3. The molecule has 3 aliphatic rings. The molecule has 15 nitrogen and oxygen atoms in total. The van der Waals surface area contributed by atoms with Crippen LogP contribution in [-0.2, 0) is 29.1 Å². The third-order valence-electron chi connectivity index (χ3n) is 12.9. The van der Waals surface area contributed by atoms with E-state index in [1.165, 1.54) is 10.6 Å². The van der Waals surface area contributed by atoms with Crippen molar-refractivity contribution in [1.82, 2.24) is 29.2 Å². The number of nitrogens with one attached hydrogen (secondary N) is 1. The fourth-order valence-corrected chi connectivity index (χ4v) is 9.35. The lowest BCUT2D eigenvalue weighted by molar-refractivity contribution is -0.132. The molecule has 2 amide bonds. The summed E-state index contributed by atoms with van der Waals surface area (Å²) in [5.41, 5.74) is 4.78. The second kappa shape index (κ2) is 17.7. The normalized spacial score (nSPS) is 15.9. The minimum Gasteiger partial charge on any atom is -0.508 e. The molecule has 2 fully saturated rings. The summed E-state index contributed by atoms with van der Waals surface area (Å²) in [4.78, 5) is 59.8. The quantitative estimate of drug-likeness (QED) is 0.129. The van der Waals surface area contributed by atoms with Gasteiger partial charge in [-0.2, -0.15) is 4.98 Å². The van der Waals surface area contributed by atoms with E-state index < -0.39 is 0 Å². The average Bonchev–Trinajstić information content (AvgIpc) is 3.72. The Morgan fingerprint density at radius 3 is 2.27 bits per heavy atom. The number of rotatable bonds is 10. The lowest BCUT2D eigenvalue weighted by atomic mass is 9.98. The summed E-state index contributed by atoms with van der Waals surface area (Å²) in [5, 5.41) is 38.6. The monoisotopic (exact) mass is 865 g/mol. The van der Waals surface area contributed by atoms with E-state index in [1.807, 2.05) is 54.0 Å². The number of benzene rings is 4. The van der Waals surface area contributed by atoms with Crippen molar-refractivity contribution in [3.63, 3.8) is 0 Å². The summed E-state index contributed by atoms with van der Waals surface area (Å²) in [5.74, 6) is 1.01. The van der Waals surface area contributed by atoms with E-state index in [0.717, 1.165) is 75.9 Å². The smallest absolute Gasteiger partial charge is 0.265 e. The highest BCUT2D eigenvalue weighted by molar-refractivity contribution is 6.01. The van der Waals surface area contributed by atoms with E-state index in [0.29, 0.717) is 76.8 Å². The summed E-state index contributed by atoms with van der Waals surface area (Å²) in [6, 6.07) is 20.6. The van der Waals surface area contributed by atoms with Crippen LogP contribution in [0.5, 0.6) is 17.2 Å². The molecule has 332 valence electrons. The maximum absolute atomic E-state index is 13.5. The lowest BCUT2D eigenvalue weighted by Crippen LogP contribution is -2.49. The van der Waals surface area contributed by atoms with Gasteiger partial charge in [-0.05, 0) is 52.4 Å². The van der Waals surface area contributed by atoms with Crippen LogP contribution in [0.4, 0.5) is 17.5 Å². The van der Waals surface area contributed by atoms with Gasteiger partial charge in [0.25, 0.3) is 5.91 Å². The fourth-order valence-electron chi connectivity index (χ4n) is 9.35. The molecule has 0 atom stereocenters. The molecule has 2 saturated heterocycles. The Kier molecular flexibility index (Phi) is 11.7. The number of hydrogen-bond donors (Lipinski definition) is 4. The number of carbonyl (C=O) groups excluding carboxylic acids is 3. The van der Waals surface area contributed by atoms with Crippen LogP contribution in [0.3, 0.4) is 0 Å². The van der Waals surface area contributed by atoms with E-state index in [4.69, 9.17) is 9.97 Å². The number of aromatic hydroxyl groups is 3. The Balaban J connectivity index is 0.823. The second-order valence-electron chi connectivity index (χ2n) is 17.5. The van der Waals surface area contributed by atoms with Crippen molar-refractivity contribution in [3.8, 4) is 17.2 Å². The number of phenolic OH excluding ortho intramolecular Hbond substituents is 3. The van der Waals surface area contributed by atoms with Gasteiger partial charge in [-0.1, -0.05) is 50.2 Å². The zero-order chi connectivity index (χ0) is 44.6. The number of amides is 2. The summed E-state index contributed by atoms with van der Waals surface area (Å²) in [7, 11) is 0. The summed E-state index contributed by atoms with van der Waals surface area (Å²) in [6.07, 6.45) is 4.54. The van der Waals surface area contributed by atoms with Crippen molar-refractivity contribution >= 4 is 56.7 Å². The number of anilines is 3. The molecule has 4 aromatic carbocycles. The van der Waals surface area contributed by atoms with Crippen molar-refractivity contribution in [3.05, 3.63) is 107 Å². The van der Waals surface area contributed by atoms with Gasteiger partial charge in [0.15, 0.2) is 0 Å². The molecule has 0 radical (unpaired) electrons. The number of aromatic nitrogens is 3. The predicted octanol–water partition coefficient (Wildman–Crippen LogP) is 5.89. The highest BCUT2D eigenvalue weighted by Crippen LogP contribution is 2.37. The van der Waals surface area contributed by atoms with Crippen molar-refractivity contribution in [2.45, 2.75) is 52.6 Å². The number of hydrogen-bond acceptors (Lipinski definition) is 12. The van der Waals surface area contributed by atoms with Crippen molar-refractivity contribution in [2.75, 3.05) is 80.6 Å². The molecule has 4 N–H and O–H groups in total. The average molecular weight is 866 g/mol. The Bertz CT molecular complexity index is 2750.